The Morgan fingerprint density at radius 3 is 2.55 bits per heavy atom. The van der Waals surface area contributed by atoms with Gasteiger partial charge in [-0.1, -0.05) is 11.3 Å². The van der Waals surface area contributed by atoms with E-state index in [0.29, 0.717) is 13.0 Å². The molecule has 1 aliphatic carbocycles. The van der Waals surface area contributed by atoms with Gasteiger partial charge in [-0.05, 0) is 25.0 Å². The van der Waals surface area contributed by atoms with Crippen molar-refractivity contribution in [3.63, 3.8) is 0 Å². The molecule has 6 heteroatoms. The molecule has 0 amide bonds. The molecule has 1 aromatic heterocycles. The fraction of sp³-hybridized carbons (Fsp3) is 0.429. The zero-order valence-electron chi connectivity index (χ0n) is 11.2. The summed E-state index contributed by atoms with van der Waals surface area (Å²) in [6.07, 6.45) is 4.03. The first kappa shape index (κ1) is 13.2. The fourth-order valence-electron chi connectivity index (χ4n) is 2.53. The zero-order chi connectivity index (χ0) is 14.2. The summed E-state index contributed by atoms with van der Waals surface area (Å²) >= 11 is 0. The Morgan fingerprint density at radius 2 is 2.00 bits per heavy atom. The van der Waals surface area contributed by atoms with Crippen LogP contribution in [0.1, 0.15) is 24.1 Å². The maximum absolute atomic E-state index is 13.8. The molecule has 0 atom stereocenters. The molecular formula is C14H16F2N4. The lowest BCUT2D eigenvalue weighted by Gasteiger charge is -2.19. The number of aryl methyl sites for hydroxylation is 1. The van der Waals surface area contributed by atoms with Crippen LogP contribution in [-0.4, -0.2) is 21.5 Å². The van der Waals surface area contributed by atoms with Gasteiger partial charge in [0.05, 0.1) is 5.69 Å². The van der Waals surface area contributed by atoms with Crippen molar-refractivity contribution in [2.24, 2.45) is 7.05 Å². The van der Waals surface area contributed by atoms with Gasteiger partial charge in [-0.15, -0.1) is 5.10 Å². The summed E-state index contributed by atoms with van der Waals surface area (Å²) in [7, 11) is 1.81. The predicted octanol–water partition coefficient (Wildman–Crippen LogP) is 1.91. The van der Waals surface area contributed by atoms with Gasteiger partial charge < -0.3 is 5.32 Å². The van der Waals surface area contributed by atoms with Crippen LogP contribution >= 0.6 is 0 Å². The highest BCUT2D eigenvalue weighted by Gasteiger charge is 2.47. The minimum atomic E-state index is -0.544. The summed E-state index contributed by atoms with van der Waals surface area (Å²) in [6.45, 7) is 0.618. The normalized spacial score (nSPS) is 16.4. The third-order valence-corrected chi connectivity index (χ3v) is 3.69. The highest BCUT2D eigenvalue weighted by molar-refractivity contribution is 5.33. The van der Waals surface area contributed by atoms with Crippen LogP contribution in [0.4, 0.5) is 8.78 Å². The van der Waals surface area contributed by atoms with Crippen molar-refractivity contribution in [1.82, 2.24) is 20.3 Å². The minimum absolute atomic E-state index is 0.166. The summed E-state index contributed by atoms with van der Waals surface area (Å²) < 4.78 is 29.3. The molecule has 1 aromatic carbocycles. The van der Waals surface area contributed by atoms with E-state index in [-0.39, 0.29) is 5.56 Å². The van der Waals surface area contributed by atoms with Gasteiger partial charge >= 0.3 is 0 Å². The van der Waals surface area contributed by atoms with Gasteiger partial charge in [-0.3, -0.25) is 4.68 Å². The van der Waals surface area contributed by atoms with Crippen molar-refractivity contribution in [2.75, 3.05) is 6.54 Å². The average molecular weight is 278 g/mol. The van der Waals surface area contributed by atoms with Crippen molar-refractivity contribution in [1.29, 1.82) is 0 Å². The molecular weight excluding hydrogens is 262 g/mol. The predicted molar refractivity (Wildman–Crippen MR) is 70.0 cm³/mol. The van der Waals surface area contributed by atoms with E-state index < -0.39 is 17.2 Å². The van der Waals surface area contributed by atoms with E-state index in [2.05, 4.69) is 15.6 Å². The zero-order valence-corrected chi connectivity index (χ0v) is 11.2. The summed E-state index contributed by atoms with van der Waals surface area (Å²) in [5.41, 5.74) is 0.487. The summed E-state index contributed by atoms with van der Waals surface area (Å²) in [6, 6.07) is 4.01. The quantitative estimate of drug-likeness (QED) is 0.908. The number of nitrogens with zero attached hydrogens (tertiary/aromatic N) is 3. The maximum Gasteiger partial charge on any atom is 0.131 e. The highest BCUT2D eigenvalue weighted by atomic mass is 19.1. The van der Waals surface area contributed by atoms with Gasteiger partial charge in [-0.2, -0.15) is 0 Å². The van der Waals surface area contributed by atoms with Crippen molar-refractivity contribution in [2.45, 2.75) is 24.8 Å². The fourth-order valence-corrected chi connectivity index (χ4v) is 2.53. The lowest BCUT2D eigenvalue weighted by molar-refractivity contribution is 0.454. The SMILES string of the molecule is Cn1cc(CCNC2(c3c(F)cccc3F)CC2)nn1. The molecule has 1 saturated carbocycles. The van der Waals surface area contributed by atoms with E-state index in [1.54, 1.807) is 11.7 Å². The molecule has 20 heavy (non-hydrogen) atoms. The molecule has 3 rings (SSSR count). The van der Waals surface area contributed by atoms with Gasteiger partial charge in [0, 0.05) is 37.3 Å². The lowest BCUT2D eigenvalue weighted by Crippen LogP contribution is -2.32. The second kappa shape index (κ2) is 4.94. The van der Waals surface area contributed by atoms with E-state index in [4.69, 9.17) is 0 Å². The average Bonchev–Trinajstić information content (AvgIpc) is 3.05. The molecule has 1 aliphatic rings. The van der Waals surface area contributed by atoms with Gasteiger partial charge in [0.15, 0.2) is 0 Å². The number of hydrogen-bond acceptors (Lipinski definition) is 3. The molecule has 0 unspecified atom stereocenters. The van der Waals surface area contributed by atoms with Crippen molar-refractivity contribution in [3.05, 3.63) is 47.3 Å². The van der Waals surface area contributed by atoms with E-state index in [1.807, 2.05) is 6.20 Å². The molecule has 2 aromatic rings. The smallest absolute Gasteiger partial charge is 0.131 e. The van der Waals surface area contributed by atoms with Gasteiger partial charge in [0.2, 0.25) is 0 Å². The monoisotopic (exact) mass is 278 g/mol. The number of nitrogens with one attached hydrogen (secondary N) is 1. The van der Waals surface area contributed by atoms with Crippen LogP contribution in [0.5, 0.6) is 0 Å². The van der Waals surface area contributed by atoms with E-state index in [0.717, 1.165) is 18.5 Å². The van der Waals surface area contributed by atoms with Gasteiger partial charge in [0.1, 0.15) is 11.6 Å². The summed E-state index contributed by atoms with van der Waals surface area (Å²) in [5, 5.41) is 11.1. The number of rotatable bonds is 5. The standard InChI is InChI=1S/C14H16F2N4/c1-20-9-10(18-19-20)5-8-17-14(6-7-14)13-11(15)3-2-4-12(13)16/h2-4,9,17H,5-8H2,1H3. The maximum atomic E-state index is 13.8. The highest BCUT2D eigenvalue weighted by Crippen LogP contribution is 2.47. The molecule has 0 bridgehead atoms. The largest absolute Gasteiger partial charge is 0.307 e. The van der Waals surface area contributed by atoms with Crippen molar-refractivity contribution in [3.8, 4) is 0 Å². The Hall–Kier alpha value is -1.82. The molecule has 0 spiro atoms. The van der Waals surface area contributed by atoms with Crippen LogP contribution in [0, 0.1) is 11.6 Å². The molecule has 0 radical (unpaired) electrons. The van der Waals surface area contributed by atoms with Gasteiger partial charge in [-0.25, -0.2) is 8.78 Å². The number of benzene rings is 1. The van der Waals surface area contributed by atoms with Crippen LogP contribution in [0.15, 0.2) is 24.4 Å². The Morgan fingerprint density at radius 1 is 1.30 bits per heavy atom. The lowest BCUT2D eigenvalue weighted by atomic mass is 10.0. The van der Waals surface area contributed by atoms with Crippen LogP contribution in [-0.2, 0) is 19.0 Å². The second-order valence-corrected chi connectivity index (χ2v) is 5.24. The van der Waals surface area contributed by atoms with Crippen molar-refractivity contribution < 1.29 is 8.78 Å². The molecule has 1 heterocycles. The van der Waals surface area contributed by atoms with Gasteiger partial charge in [0.25, 0.3) is 0 Å². The molecule has 0 aliphatic heterocycles. The Labute approximate surface area is 115 Å². The molecule has 1 fully saturated rings. The topological polar surface area (TPSA) is 42.7 Å². The Bertz CT molecular complexity index is 599. The van der Waals surface area contributed by atoms with Crippen LogP contribution < -0.4 is 5.32 Å². The van der Waals surface area contributed by atoms with Crippen LogP contribution in [0.2, 0.25) is 0 Å². The van der Waals surface area contributed by atoms with Crippen LogP contribution in [0.25, 0.3) is 0 Å². The van der Waals surface area contributed by atoms with E-state index in [9.17, 15) is 8.78 Å². The van der Waals surface area contributed by atoms with Crippen LogP contribution in [0.3, 0.4) is 0 Å². The first-order chi connectivity index (χ1) is 9.61. The molecule has 106 valence electrons. The summed E-state index contributed by atoms with van der Waals surface area (Å²) in [5.74, 6) is -0.955. The number of aromatic nitrogens is 3. The molecule has 4 nitrogen and oxygen atoms in total. The number of hydrogen-bond donors (Lipinski definition) is 1. The second-order valence-electron chi connectivity index (χ2n) is 5.24. The third-order valence-electron chi connectivity index (χ3n) is 3.69. The molecule has 0 saturated heterocycles. The third kappa shape index (κ3) is 2.43. The Balaban J connectivity index is 1.68. The van der Waals surface area contributed by atoms with Crippen molar-refractivity contribution >= 4 is 0 Å². The molecule has 1 N–H and O–H groups in total. The first-order valence-electron chi connectivity index (χ1n) is 6.65. The number of halogens is 2. The Kier molecular flexibility index (Phi) is 3.25. The first-order valence-corrected chi connectivity index (χ1v) is 6.65. The minimum Gasteiger partial charge on any atom is -0.307 e. The van der Waals surface area contributed by atoms with E-state index in [1.165, 1.54) is 18.2 Å². The van der Waals surface area contributed by atoms with E-state index >= 15 is 0 Å². The summed E-state index contributed by atoms with van der Waals surface area (Å²) in [4.78, 5) is 0.